The molecule has 2 saturated heterocycles. The first-order valence-corrected chi connectivity index (χ1v) is 10.3. The Labute approximate surface area is 169 Å². The molecule has 2 fully saturated rings. The Morgan fingerprint density at radius 2 is 1.97 bits per heavy atom. The van der Waals surface area contributed by atoms with Crippen molar-refractivity contribution >= 4 is 5.91 Å². The Morgan fingerprint density at radius 3 is 2.76 bits per heavy atom. The first-order chi connectivity index (χ1) is 14.2. The van der Waals surface area contributed by atoms with E-state index >= 15 is 0 Å². The number of aromatic nitrogens is 4. The molecule has 1 atom stereocenters. The summed E-state index contributed by atoms with van der Waals surface area (Å²) in [4.78, 5) is 17.0. The van der Waals surface area contributed by atoms with E-state index in [0.717, 1.165) is 57.1 Å². The fourth-order valence-electron chi connectivity index (χ4n) is 4.09. The van der Waals surface area contributed by atoms with E-state index in [0.29, 0.717) is 25.9 Å². The molecule has 1 aromatic carbocycles. The van der Waals surface area contributed by atoms with E-state index < -0.39 is 0 Å². The maximum absolute atomic E-state index is 13.2. The number of tetrazole rings is 1. The highest BCUT2D eigenvalue weighted by atomic mass is 19.1. The highest BCUT2D eigenvalue weighted by Crippen LogP contribution is 2.32. The summed E-state index contributed by atoms with van der Waals surface area (Å²) in [6, 6.07) is 6.54. The van der Waals surface area contributed by atoms with Crippen molar-refractivity contribution in [1.29, 1.82) is 0 Å². The van der Waals surface area contributed by atoms with Crippen LogP contribution in [-0.2, 0) is 22.6 Å². The first-order valence-electron chi connectivity index (χ1n) is 10.3. The van der Waals surface area contributed by atoms with E-state index in [1.54, 1.807) is 16.8 Å². The molecule has 156 valence electrons. The van der Waals surface area contributed by atoms with E-state index in [1.807, 2.05) is 4.90 Å². The lowest BCUT2D eigenvalue weighted by molar-refractivity contribution is -0.132. The number of halogens is 1. The van der Waals surface area contributed by atoms with Crippen LogP contribution in [0.5, 0.6) is 0 Å². The van der Waals surface area contributed by atoms with Crippen LogP contribution in [0.25, 0.3) is 0 Å². The van der Waals surface area contributed by atoms with Gasteiger partial charge in [0.05, 0.1) is 25.8 Å². The zero-order valence-electron chi connectivity index (χ0n) is 16.5. The average molecular weight is 402 g/mol. The van der Waals surface area contributed by atoms with Gasteiger partial charge in [-0.15, -0.1) is 5.10 Å². The molecule has 0 saturated carbocycles. The zero-order valence-corrected chi connectivity index (χ0v) is 16.5. The third-order valence-corrected chi connectivity index (χ3v) is 5.66. The van der Waals surface area contributed by atoms with Crippen LogP contribution in [0.4, 0.5) is 4.39 Å². The number of rotatable bonds is 7. The number of nitrogens with zero attached hydrogens (tertiary/aromatic N) is 6. The number of carbonyl (C=O) groups excluding carboxylic acids is 1. The molecule has 29 heavy (non-hydrogen) atoms. The van der Waals surface area contributed by atoms with Gasteiger partial charge in [-0.25, -0.2) is 9.07 Å². The number of benzene rings is 1. The lowest BCUT2D eigenvalue weighted by atomic mass is 10.0. The molecule has 0 unspecified atom stereocenters. The second kappa shape index (κ2) is 9.41. The SMILES string of the molecule is O=C(CCCn1nnnc1CN1CCOCC1)N1CCC[C@@H]1c1ccc(F)cc1. The van der Waals surface area contributed by atoms with Gasteiger partial charge in [0.15, 0.2) is 5.82 Å². The van der Waals surface area contributed by atoms with Gasteiger partial charge in [0.2, 0.25) is 5.91 Å². The third kappa shape index (κ3) is 4.97. The summed E-state index contributed by atoms with van der Waals surface area (Å²) in [7, 11) is 0. The molecule has 8 nitrogen and oxygen atoms in total. The highest BCUT2D eigenvalue weighted by molar-refractivity contribution is 5.77. The molecule has 0 bridgehead atoms. The summed E-state index contributed by atoms with van der Waals surface area (Å²) in [5, 5.41) is 12.0. The molecule has 9 heteroatoms. The summed E-state index contributed by atoms with van der Waals surface area (Å²) in [6.07, 6.45) is 3.04. The molecule has 0 aliphatic carbocycles. The van der Waals surface area contributed by atoms with Crippen LogP contribution in [0.2, 0.25) is 0 Å². The van der Waals surface area contributed by atoms with E-state index in [-0.39, 0.29) is 17.8 Å². The van der Waals surface area contributed by atoms with Crippen molar-refractivity contribution in [2.75, 3.05) is 32.8 Å². The fourth-order valence-corrected chi connectivity index (χ4v) is 4.09. The van der Waals surface area contributed by atoms with Crippen molar-refractivity contribution in [1.82, 2.24) is 30.0 Å². The topological polar surface area (TPSA) is 76.4 Å². The van der Waals surface area contributed by atoms with Gasteiger partial charge >= 0.3 is 0 Å². The molecular weight excluding hydrogens is 375 g/mol. The highest BCUT2D eigenvalue weighted by Gasteiger charge is 2.29. The van der Waals surface area contributed by atoms with Crippen LogP contribution in [0.3, 0.4) is 0 Å². The van der Waals surface area contributed by atoms with E-state index in [1.165, 1.54) is 12.1 Å². The Morgan fingerprint density at radius 1 is 1.17 bits per heavy atom. The summed E-state index contributed by atoms with van der Waals surface area (Å²) < 4.78 is 20.4. The second-order valence-corrected chi connectivity index (χ2v) is 7.61. The van der Waals surface area contributed by atoms with Gasteiger partial charge in [0, 0.05) is 32.6 Å². The van der Waals surface area contributed by atoms with Crippen LogP contribution < -0.4 is 0 Å². The number of likely N-dealkylation sites (tertiary alicyclic amines) is 1. The molecule has 0 radical (unpaired) electrons. The maximum Gasteiger partial charge on any atom is 0.223 e. The van der Waals surface area contributed by atoms with Gasteiger partial charge in [0.25, 0.3) is 0 Å². The van der Waals surface area contributed by atoms with Crippen LogP contribution in [0, 0.1) is 5.82 Å². The Hall–Kier alpha value is -2.39. The van der Waals surface area contributed by atoms with Crippen molar-refractivity contribution in [2.45, 2.75) is 44.8 Å². The number of hydrogen-bond acceptors (Lipinski definition) is 6. The van der Waals surface area contributed by atoms with Crippen molar-refractivity contribution in [2.24, 2.45) is 0 Å². The minimum Gasteiger partial charge on any atom is -0.379 e. The number of morpholine rings is 1. The lowest BCUT2D eigenvalue weighted by Gasteiger charge is -2.26. The average Bonchev–Trinajstić information content (AvgIpc) is 3.39. The summed E-state index contributed by atoms with van der Waals surface area (Å²) in [5.41, 5.74) is 1.01. The number of hydrogen-bond donors (Lipinski definition) is 0. The summed E-state index contributed by atoms with van der Waals surface area (Å²) >= 11 is 0. The normalized spacial score (nSPS) is 20.3. The maximum atomic E-state index is 13.2. The number of carbonyl (C=O) groups is 1. The van der Waals surface area contributed by atoms with Crippen LogP contribution in [-0.4, -0.2) is 68.8 Å². The molecular formula is C20H27FN6O2. The third-order valence-electron chi connectivity index (χ3n) is 5.66. The molecule has 4 rings (SSSR count). The van der Waals surface area contributed by atoms with Gasteiger partial charge in [0.1, 0.15) is 5.82 Å². The molecule has 2 aliphatic rings. The van der Waals surface area contributed by atoms with Gasteiger partial charge in [-0.1, -0.05) is 12.1 Å². The van der Waals surface area contributed by atoms with Gasteiger partial charge in [-0.3, -0.25) is 9.69 Å². The van der Waals surface area contributed by atoms with Gasteiger partial charge < -0.3 is 9.64 Å². The number of amides is 1. The van der Waals surface area contributed by atoms with Gasteiger partial charge in [-0.2, -0.15) is 0 Å². The van der Waals surface area contributed by atoms with E-state index in [9.17, 15) is 9.18 Å². The second-order valence-electron chi connectivity index (χ2n) is 7.61. The molecule has 1 amide bonds. The number of aryl methyl sites for hydroxylation is 1. The molecule has 0 N–H and O–H groups in total. The van der Waals surface area contributed by atoms with E-state index in [4.69, 9.17) is 4.74 Å². The zero-order chi connectivity index (χ0) is 20.1. The quantitative estimate of drug-likeness (QED) is 0.703. The van der Waals surface area contributed by atoms with Crippen molar-refractivity contribution < 1.29 is 13.9 Å². The summed E-state index contributed by atoms with van der Waals surface area (Å²) in [5.74, 6) is 0.711. The molecule has 0 spiro atoms. The minimum absolute atomic E-state index is 0.0491. The van der Waals surface area contributed by atoms with Crippen LogP contribution in [0.15, 0.2) is 24.3 Å². The largest absolute Gasteiger partial charge is 0.379 e. The van der Waals surface area contributed by atoms with Crippen LogP contribution >= 0.6 is 0 Å². The molecule has 2 aliphatic heterocycles. The van der Waals surface area contributed by atoms with Crippen molar-refractivity contribution in [3.05, 3.63) is 41.5 Å². The van der Waals surface area contributed by atoms with Crippen molar-refractivity contribution in [3.8, 4) is 0 Å². The summed E-state index contributed by atoms with van der Waals surface area (Å²) in [6.45, 7) is 5.31. The van der Waals surface area contributed by atoms with E-state index in [2.05, 4.69) is 20.4 Å². The Bertz CT molecular complexity index is 806. The molecule has 3 heterocycles. The standard InChI is InChI=1S/C20H27FN6O2/c21-17-7-5-16(6-8-17)18-3-1-9-26(18)20(28)4-2-10-27-19(22-23-24-27)15-25-11-13-29-14-12-25/h5-8,18H,1-4,9-15H2/t18-/m1/s1. The smallest absolute Gasteiger partial charge is 0.223 e. The number of ether oxygens (including phenoxy) is 1. The molecule has 1 aromatic heterocycles. The minimum atomic E-state index is -0.251. The first kappa shape index (κ1) is 19.9. The Balaban J connectivity index is 1.29. The van der Waals surface area contributed by atoms with Crippen LogP contribution in [0.1, 0.15) is 43.1 Å². The monoisotopic (exact) mass is 402 g/mol. The predicted octanol–water partition coefficient (Wildman–Crippen LogP) is 1.79. The predicted molar refractivity (Wildman–Crippen MR) is 103 cm³/mol. The van der Waals surface area contributed by atoms with Gasteiger partial charge in [-0.05, 0) is 47.4 Å². The van der Waals surface area contributed by atoms with Crippen molar-refractivity contribution in [3.63, 3.8) is 0 Å². The lowest BCUT2D eigenvalue weighted by Crippen LogP contribution is -2.36. The Kier molecular flexibility index (Phi) is 6.46. The molecule has 2 aromatic rings. The fraction of sp³-hybridized carbons (Fsp3) is 0.600.